The van der Waals surface area contributed by atoms with Crippen LogP contribution in [0.4, 0.5) is 19.0 Å². The van der Waals surface area contributed by atoms with E-state index in [0.717, 1.165) is 37.8 Å². The van der Waals surface area contributed by atoms with Crippen molar-refractivity contribution in [3.63, 3.8) is 0 Å². The Labute approximate surface area is 274 Å². The van der Waals surface area contributed by atoms with Crippen LogP contribution in [0.3, 0.4) is 0 Å². The van der Waals surface area contributed by atoms with Gasteiger partial charge in [0, 0.05) is 65.7 Å². The van der Waals surface area contributed by atoms with Gasteiger partial charge in [0.25, 0.3) is 0 Å². The van der Waals surface area contributed by atoms with Gasteiger partial charge in [-0.25, -0.2) is 21.6 Å². The first-order chi connectivity index (χ1) is 22.5. The molecule has 4 aliphatic rings. The van der Waals surface area contributed by atoms with E-state index in [0.29, 0.717) is 37.3 Å². The van der Waals surface area contributed by atoms with Crippen molar-refractivity contribution < 1.29 is 31.4 Å². The summed E-state index contributed by atoms with van der Waals surface area (Å²) in [6.07, 6.45) is 4.35. The second-order valence-electron chi connectivity index (χ2n) is 13.2. The molecule has 0 amide bonds. The molecule has 8 rings (SSSR count). The number of aromatic nitrogens is 2. The van der Waals surface area contributed by atoms with Crippen molar-refractivity contribution in [3.8, 4) is 22.9 Å². The lowest BCUT2D eigenvalue weighted by atomic mass is 9.95. The van der Waals surface area contributed by atoms with Gasteiger partial charge in [-0.3, -0.25) is 4.90 Å². The largest absolute Gasteiger partial charge is 0.508 e. The molecule has 4 aromatic rings. The lowest BCUT2D eigenvalue weighted by Gasteiger charge is -2.34. The molecule has 4 bridgehead atoms. The zero-order valence-electron chi connectivity index (χ0n) is 25.4. The quantitative estimate of drug-likeness (QED) is 0.254. The minimum Gasteiger partial charge on any atom is -0.508 e. The van der Waals surface area contributed by atoms with Gasteiger partial charge in [-0.2, -0.15) is 9.97 Å². The van der Waals surface area contributed by atoms with Crippen molar-refractivity contribution in [1.29, 1.82) is 0 Å². The molecule has 4 atom stereocenters. The maximum atomic E-state index is 16.8. The maximum Gasteiger partial charge on any atom is 0.319 e. The molecule has 14 heteroatoms. The summed E-state index contributed by atoms with van der Waals surface area (Å²) in [6.45, 7) is 2.17. The first-order valence-corrected chi connectivity index (χ1v) is 18.2. The van der Waals surface area contributed by atoms with Gasteiger partial charge in [-0.15, -0.1) is 0 Å². The van der Waals surface area contributed by atoms with Crippen LogP contribution in [0.2, 0.25) is 5.02 Å². The number of ether oxygens (including phenoxy) is 1. The maximum absolute atomic E-state index is 16.8. The van der Waals surface area contributed by atoms with Crippen LogP contribution in [0.25, 0.3) is 32.8 Å². The lowest BCUT2D eigenvalue weighted by Crippen LogP contribution is -2.51. The van der Waals surface area contributed by atoms with E-state index >= 15 is 8.78 Å². The number of fused-ring (bicyclic) bond motifs is 6. The number of halogens is 4. The van der Waals surface area contributed by atoms with Crippen LogP contribution in [0.15, 0.2) is 30.3 Å². The van der Waals surface area contributed by atoms with Crippen molar-refractivity contribution in [3.05, 3.63) is 52.8 Å². The van der Waals surface area contributed by atoms with Crippen molar-refractivity contribution in [2.24, 2.45) is 0 Å². The molecule has 3 aromatic carbocycles. The molecule has 0 radical (unpaired) electrons. The Morgan fingerprint density at radius 3 is 2.43 bits per heavy atom. The summed E-state index contributed by atoms with van der Waals surface area (Å²) in [7, 11) is -3.02. The van der Waals surface area contributed by atoms with E-state index in [9.17, 15) is 17.9 Å². The number of nitrogens with zero attached hydrogens (tertiary/aromatic N) is 4. The van der Waals surface area contributed by atoms with Gasteiger partial charge in [-0.1, -0.05) is 17.7 Å². The summed E-state index contributed by atoms with van der Waals surface area (Å²) < 4.78 is 76.8. The average molecular weight is 688 g/mol. The van der Waals surface area contributed by atoms with Crippen LogP contribution >= 0.6 is 11.6 Å². The van der Waals surface area contributed by atoms with Crippen LogP contribution in [0, 0.1) is 17.5 Å². The van der Waals surface area contributed by atoms with E-state index in [1.807, 2.05) is 0 Å². The van der Waals surface area contributed by atoms with Gasteiger partial charge in [-0.05, 0) is 61.8 Å². The Hall–Kier alpha value is -3.39. The monoisotopic (exact) mass is 687 g/mol. The molecular formula is C33H33ClF3N5O4S. The summed E-state index contributed by atoms with van der Waals surface area (Å²) in [6, 6.07) is 6.73. The molecule has 2 N–H and O–H groups in total. The predicted octanol–water partition coefficient (Wildman–Crippen LogP) is 5.20. The molecular weight excluding hydrogens is 655 g/mol. The third-order valence-electron chi connectivity index (χ3n) is 10.1. The minimum atomic E-state index is -3.02. The number of hydrogen-bond donors (Lipinski definition) is 2. The van der Waals surface area contributed by atoms with E-state index in [2.05, 4.69) is 20.1 Å². The Bertz CT molecular complexity index is 2000. The number of hydrogen-bond acceptors (Lipinski definition) is 9. The van der Waals surface area contributed by atoms with E-state index in [1.165, 1.54) is 18.2 Å². The highest BCUT2D eigenvalue weighted by molar-refractivity contribution is 7.91. The lowest BCUT2D eigenvalue weighted by molar-refractivity contribution is 0.183. The van der Waals surface area contributed by atoms with Gasteiger partial charge in [0.1, 0.15) is 17.1 Å². The summed E-state index contributed by atoms with van der Waals surface area (Å²) in [5.74, 6) is -2.61. The Morgan fingerprint density at radius 1 is 0.979 bits per heavy atom. The summed E-state index contributed by atoms with van der Waals surface area (Å²) in [4.78, 5) is 13.5. The fourth-order valence-electron chi connectivity index (χ4n) is 8.06. The number of benzene rings is 3. The van der Waals surface area contributed by atoms with Crippen molar-refractivity contribution >= 4 is 48.9 Å². The molecule has 5 heterocycles. The number of nitrogens with one attached hydrogen (secondary N) is 1. The number of anilines is 1. The molecule has 9 nitrogen and oxygen atoms in total. The fourth-order valence-corrected chi connectivity index (χ4v) is 10.4. The van der Waals surface area contributed by atoms with Crippen molar-refractivity contribution in [2.75, 3.05) is 42.6 Å². The minimum absolute atomic E-state index is 0.0226. The molecule has 4 fully saturated rings. The molecule has 47 heavy (non-hydrogen) atoms. The predicted molar refractivity (Wildman–Crippen MR) is 173 cm³/mol. The third kappa shape index (κ3) is 5.54. The summed E-state index contributed by atoms with van der Waals surface area (Å²) >= 11 is 6.73. The molecule has 4 aliphatic heterocycles. The standard InChI is InChI=1S/C33H33ClF3N5O4S/c34-25-12-24-31(30(37)28(25)23-11-22(43)10-17-2-7-26(35)29(36)27(17)23)39-33(40-32(24)41-13-18-3-4-19(14-41)38-18)46-9-1-8-42-20-5-6-21(42)16-47(44,45)15-20/h2,7,10-12,18-21,38,43H,1,3-6,8-9,13-16H2. The van der Waals surface area contributed by atoms with E-state index in [-0.39, 0.29) is 86.5 Å². The number of rotatable bonds is 7. The Kier molecular flexibility index (Phi) is 7.66. The smallest absolute Gasteiger partial charge is 0.319 e. The van der Waals surface area contributed by atoms with Crippen LogP contribution in [-0.2, 0) is 9.84 Å². The van der Waals surface area contributed by atoms with Crippen LogP contribution < -0.4 is 15.0 Å². The van der Waals surface area contributed by atoms with E-state index in [1.54, 1.807) is 0 Å². The average Bonchev–Trinajstić information content (AvgIpc) is 3.50. The number of phenols is 1. The molecule has 248 valence electrons. The van der Waals surface area contributed by atoms with Crippen LogP contribution in [0.1, 0.15) is 32.1 Å². The first-order valence-electron chi connectivity index (χ1n) is 16.0. The van der Waals surface area contributed by atoms with Crippen molar-refractivity contribution in [2.45, 2.75) is 56.3 Å². The third-order valence-corrected chi connectivity index (χ3v) is 12.2. The number of aromatic hydroxyl groups is 1. The van der Waals surface area contributed by atoms with Gasteiger partial charge in [0.15, 0.2) is 27.3 Å². The highest BCUT2D eigenvalue weighted by Gasteiger charge is 2.42. The number of piperazine rings is 1. The molecule has 1 aromatic heterocycles. The second kappa shape index (κ2) is 11.6. The zero-order valence-corrected chi connectivity index (χ0v) is 26.9. The molecule has 0 aliphatic carbocycles. The van der Waals surface area contributed by atoms with Crippen LogP contribution in [0.5, 0.6) is 11.8 Å². The number of phenolic OH excluding ortho intramolecular Hbond substituents is 1. The molecule has 0 saturated carbocycles. The molecule has 0 spiro atoms. The Balaban J connectivity index is 1.17. The highest BCUT2D eigenvalue weighted by Crippen LogP contribution is 2.44. The fraction of sp³-hybridized carbons (Fsp3) is 0.455. The zero-order chi connectivity index (χ0) is 32.6. The second-order valence-corrected chi connectivity index (χ2v) is 15.7. The topological polar surface area (TPSA) is 108 Å². The molecule has 4 unspecified atom stereocenters. The van der Waals surface area contributed by atoms with E-state index in [4.69, 9.17) is 21.3 Å². The van der Waals surface area contributed by atoms with Crippen LogP contribution in [-0.4, -0.2) is 90.3 Å². The number of sulfone groups is 1. The van der Waals surface area contributed by atoms with Gasteiger partial charge >= 0.3 is 6.01 Å². The summed E-state index contributed by atoms with van der Waals surface area (Å²) in [5.41, 5.74) is -0.429. The van der Waals surface area contributed by atoms with Gasteiger partial charge in [0.05, 0.1) is 23.1 Å². The highest BCUT2D eigenvalue weighted by atomic mass is 35.5. The van der Waals surface area contributed by atoms with Gasteiger partial charge < -0.3 is 20.1 Å². The van der Waals surface area contributed by atoms with Crippen molar-refractivity contribution in [1.82, 2.24) is 20.2 Å². The normalized spacial score (nSPS) is 25.2. The Morgan fingerprint density at radius 2 is 1.70 bits per heavy atom. The van der Waals surface area contributed by atoms with E-state index < -0.39 is 27.3 Å². The van der Waals surface area contributed by atoms with Gasteiger partial charge in [0.2, 0.25) is 0 Å². The molecule has 4 saturated heterocycles. The summed E-state index contributed by atoms with van der Waals surface area (Å²) in [5, 5.41) is 14.3. The SMILES string of the molecule is O=S1(=O)CC2CCC(C1)N2CCCOc1nc(N2CC3CCC(C2)N3)c2cc(Cl)c(-c3cc(O)cc4ccc(F)c(F)c34)c(F)c2n1. The first kappa shape index (κ1) is 30.9.